The van der Waals surface area contributed by atoms with Crippen LogP contribution in [0.25, 0.3) is 0 Å². The highest BCUT2D eigenvalue weighted by molar-refractivity contribution is 5.46. The quantitative estimate of drug-likeness (QED) is 0.729. The van der Waals surface area contributed by atoms with Crippen LogP contribution in [-0.4, -0.2) is 18.2 Å². The van der Waals surface area contributed by atoms with Gasteiger partial charge in [0.1, 0.15) is 5.82 Å². The lowest BCUT2D eigenvalue weighted by molar-refractivity contribution is -0.117. The third-order valence-electron chi connectivity index (χ3n) is 2.28. The van der Waals surface area contributed by atoms with Crippen molar-refractivity contribution in [3.05, 3.63) is 29.6 Å². The van der Waals surface area contributed by atoms with Crippen molar-refractivity contribution in [1.29, 1.82) is 0 Å². The number of anilines is 1. The lowest BCUT2D eigenvalue weighted by atomic mass is 10.2. The van der Waals surface area contributed by atoms with Gasteiger partial charge in [-0.1, -0.05) is 0 Å². The Balaban J connectivity index is 2.10. The lowest BCUT2D eigenvalue weighted by Gasteiger charge is -2.14. The van der Waals surface area contributed by atoms with Crippen LogP contribution in [0.1, 0.15) is 12.0 Å². The summed E-state index contributed by atoms with van der Waals surface area (Å²) in [6.07, 6.45) is 1.02. The Morgan fingerprint density at radius 2 is 2.36 bits per heavy atom. The van der Waals surface area contributed by atoms with E-state index in [4.69, 9.17) is 10.6 Å². The first-order valence-electron chi connectivity index (χ1n) is 4.67. The molecular formula is C10H13FN2O. The smallest absolute Gasteiger partial charge is 0.123 e. The molecule has 2 N–H and O–H groups in total. The van der Waals surface area contributed by atoms with Crippen LogP contribution in [0.2, 0.25) is 0 Å². The van der Waals surface area contributed by atoms with Crippen LogP contribution in [0.5, 0.6) is 0 Å². The zero-order valence-corrected chi connectivity index (χ0v) is 7.87. The van der Waals surface area contributed by atoms with Crippen LogP contribution in [0.15, 0.2) is 18.2 Å². The maximum atomic E-state index is 12.9. The van der Waals surface area contributed by atoms with E-state index in [1.54, 1.807) is 6.07 Å². The van der Waals surface area contributed by atoms with Gasteiger partial charge in [-0.15, -0.1) is 0 Å². The van der Waals surface area contributed by atoms with Crippen LogP contribution in [-0.2, 0) is 11.4 Å². The van der Waals surface area contributed by atoms with Gasteiger partial charge < -0.3 is 5.73 Å². The molecule has 1 aromatic carbocycles. The Bertz CT molecular complexity index is 324. The highest BCUT2D eigenvalue weighted by Gasteiger charge is 2.14. The Hall–Kier alpha value is -1.13. The predicted molar refractivity (Wildman–Crippen MR) is 51.8 cm³/mol. The van der Waals surface area contributed by atoms with Crippen LogP contribution in [0.3, 0.4) is 0 Å². The second-order valence-electron chi connectivity index (χ2n) is 3.39. The molecule has 0 atom stereocenters. The number of nitrogens with zero attached hydrogens (tertiary/aromatic N) is 1. The van der Waals surface area contributed by atoms with Crippen molar-refractivity contribution in [3.63, 3.8) is 0 Å². The van der Waals surface area contributed by atoms with E-state index >= 15 is 0 Å². The fraction of sp³-hybridized carbons (Fsp3) is 0.400. The average Bonchev–Trinajstić information content (AvgIpc) is 2.64. The van der Waals surface area contributed by atoms with Crippen LogP contribution in [0, 0.1) is 5.82 Å². The van der Waals surface area contributed by atoms with Crippen molar-refractivity contribution >= 4 is 5.69 Å². The fourth-order valence-electron chi connectivity index (χ4n) is 1.53. The summed E-state index contributed by atoms with van der Waals surface area (Å²) in [6, 6.07) is 4.40. The molecule has 1 aliphatic heterocycles. The minimum atomic E-state index is -0.256. The standard InChI is InChI=1S/C10H13FN2O/c11-9-2-3-10(12)8(6-9)7-13-4-1-5-14-13/h2-3,6H,1,4-5,7,12H2. The zero-order valence-electron chi connectivity index (χ0n) is 7.87. The monoisotopic (exact) mass is 196 g/mol. The third-order valence-corrected chi connectivity index (χ3v) is 2.28. The molecular weight excluding hydrogens is 183 g/mol. The molecule has 0 aromatic heterocycles. The number of benzene rings is 1. The van der Waals surface area contributed by atoms with Gasteiger partial charge in [0, 0.05) is 12.2 Å². The first kappa shape index (κ1) is 9.43. The molecule has 1 fully saturated rings. The van der Waals surface area contributed by atoms with Gasteiger partial charge in [0.25, 0.3) is 0 Å². The first-order valence-corrected chi connectivity index (χ1v) is 4.67. The summed E-state index contributed by atoms with van der Waals surface area (Å²) in [6.45, 7) is 2.19. The van der Waals surface area contributed by atoms with E-state index in [0.717, 1.165) is 25.1 Å². The summed E-state index contributed by atoms with van der Waals surface area (Å²) in [5.41, 5.74) is 7.12. The molecule has 0 saturated carbocycles. The maximum Gasteiger partial charge on any atom is 0.123 e. The van der Waals surface area contributed by atoms with Gasteiger partial charge in [0.15, 0.2) is 0 Å². The Morgan fingerprint density at radius 1 is 1.50 bits per heavy atom. The summed E-state index contributed by atoms with van der Waals surface area (Å²) in [5.74, 6) is -0.256. The third kappa shape index (κ3) is 2.02. The molecule has 0 unspecified atom stereocenters. The van der Waals surface area contributed by atoms with E-state index in [0.29, 0.717) is 12.2 Å². The van der Waals surface area contributed by atoms with Crippen molar-refractivity contribution < 1.29 is 9.23 Å². The largest absolute Gasteiger partial charge is 0.398 e. The van der Waals surface area contributed by atoms with Crippen LogP contribution < -0.4 is 5.73 Å². The zero-order chi connectivity index (χ0) is 9.97. The highest BCUT2D eigenvalue weighted by Crippen LogP contribution is 2.17. The molecule has 14 heavy (non-hydrogen) atoms. The van der Waals surface area contributed by atoms with Gasteiger partial charge in [0.2, 0.25) is 0 Å². The van der Waals surface area contributed by atoms with Gasteiger partial charge in [-0.05, 0) is 30.2 Å². The van der Waals surface area contributed by atoms with Crippen molar-refractivity contribution in [1.82, 2.24) is 5.06 Å². The normalized spacial score (nSPS) is 17.5. The molecule has 1 aliphatic rings. The molecule has 0 radical (unpaired) electrons. The van der Waals surface area contributed by atoms with E-state index in [9.17, 15) is 4.39 Å². The number of rotatable bonds is 2. The first-order chi connectivity index (χ1) is 6.75. The predicted octanol–water partition coefficient (Wildman–Crippen LogP) is 1.55. The Morgan fingerprint density at radius 3 is 3.07 bits per heavy atom. The molecule has 3 nitrogen and oxygen atoms in total. The second kappa shape index (κ2) is 3.94. The van der Waals surface area contributed by atoms with Gasteiger partial charge in [-0.3, -0.25) is 4.84 Å². The maximum absolute atomic E-state index is 12.9. The summed E-state index contributed by atoms with van der Waals surface area (Å²) >= 11 is 0. The van der Waals surface area contributed by atoms with Crippen molar-refractivity contribution in [2.45, 2.75) is 13.0 Å². The van der Waals surface area contributed by atoms with Gasteiger partial charge >= 0.3 is 0 Å². The minimum absolute atomic E-state index is 0.256. The van der Waals surface area contributed by atoms with Gasteiger partial charge in [-0.25, -0.2) is 4.39 Å². The molecule has 76 valence electrons. The van der Waals surface area contributed by atoms with Crippen molar-refractivity contribution in [3.8, 4) is 0 Å². The van der Waals surface area contributed by atoms with E-state index in [-0.39, 0.29) is 5.82 Å². The molecule has 0 aliphatic carbocycles. The second-order valence-corrected chi connectivity index (χ2v) is 3.39. The number of hydroxylamine groups is 2. The molecule has 0 spiro atoms. The SMILES string of the molecule is Nc1ccc(F)cc1CN1CCCO1. The molecule has 1 saturated heterocycles. The Labute approximate surface area is 82.2 Å². The molecule has 4 heteroatoms. The molecule has 0 bridgehead atoms. The molecule has 1 aromatic rings. The number of hydrogen-bond acceptors (Lipinski definition) is 3. The van der Waals surface area contributed by atoms with E-state index in [2.05, 4.69) is 0 Å². The van der Waals surface area contributed by atoms with Crippen molar-refractivity contribution in [2.24, 2.45) is 0 Å². The van der Waals surface area contributed by atoms with Crippen molar-refractivity contribution in [2.75, 3.05) is 18.9 Å². The summed E-state index contributed by atoms with van der Waals surface area (Å²) < 4.78 is 12.9. The average molecular weight is 196 g/mol. The molecule has 1 heterocycles. The van der Waals surface area contributed by atoms with E-state index < -0.39 is 0 Å². The Kier molecular flexibility index (Phi) is 2.65. The lowest BCUT2D eigenvalue weighted by Crippen LogP contribution is -2.18. The summed E-state index contributed by atoms with van der Waals surface area (Å²) in [7, 11) is 0. The van der Waals surface area contributed by atoms with E-state index in [1.165, 1.54) is 12.1 Å². The van der Waals surface area contributed by atoms with Gasteiger partial charge in [-0.2, -0.15) is 5.06 Å². The highest BCUT2D eigenvalue weighted by atomic mass is 19.1. The minimum Gasteiger partial charge on any atom is -0.398 e. The van der Waals surface area contributed by atoms with Gasteiger partial charge in [0.05, 0.1) is 13.2 Å². The summed E-state index contributed by atoms with van der Waals surface area (Å²) in [4.78, 5) is 5.31. The number of nitrogens with two attached hydrogens (primary N) is 1. The van der Waals surface area contributed by atoms with E-state index in [1.807, 2.05) is 5.06 Å². The van der Waals surface area contributed by atoms with Crippen LogP contribution >= 0.6 is 0 Å². The molecule has 0 amide bonds. The number of hydrogen-bond donors (Lipinski definition) is 1. The summed E-state index contributed by atoms with van der Waals surface area (Å²) in [5, 5.41) is 1.81. The van der Waals surface area contributed by atoms with Crippen LogP contribution in [0.4, 0.5) is 10.1 Å². The fourth-order valence-corrected chi connectivity index (χ4v) is 1.53. The number of halogens is 1. The molecule has 2 rings (SSSR count). The number of nitrogen functional groups attached to an aromatic ring is 1. The topological polar surface area (TPSA) is 38.5 Å².